The summed E-state index contributed by atoms with van der Waals surface area (Å²) < 4.78 is 5.73. The van der Waals surface area contributed by atoms with Gasteiger partial charge in [-0.3, -0.25) is 0 Å². The van der Waals surface area contributed by atoms with Gasteiger partial charge in [0.25, 0.3) is 0 Å². The smallest absolute Gasteiger partial charge is 0.213 e. The lowest BCUT2D eigenvalue weighted by Gasteiger charge is -2.09. The summed E-state index contributed by atoms with van der Waals surface area (Å²) in [7, 11) is 0. The minimum atomic E-state index is 0.469. The van der Waals surface area contributed by atoms with Crippen LogP contribution in [0, 0.1) is 0 Å². The summed E-state index contributed by atoms with van der Waals surface area (Å²) in [5.41, 5.74) is 3.12. The standard InChI is InChI=1S/C18H16ClN3O/c19-17-11-16(7-9-20-17)22-12-15-6-8-21-18(10-15)23-13-14-4-2-1-3-5-14/h1-11H,12-13H2,(H,20,22). The second kappa shape index (κ2) is 7.61. The molecule has 116 valence electrons. The molecule has 3 rings (SSSR count). The van der Waals surface area contributed by atoms with E-state index in [1.54, 1.807) is 18.5 Å². The molecule has 0 saturated heterocycles. The Morgan fingerprint density at radius 3 is 2.57 bits per heavy atom. The van der Waals surface area contributed by atoms with Crippen molar-refractivity contribution in [3.63, 3.8) is 0 Å². The van der Waals surface area contributed by atoms with Gasteiger partial charge >= 0.3 is 0 Å². The summed E-state index contributed by atoms with van der Waals surface area (Å²) in [5.74, 6) is 0.612. The number of hydrogen-bond acceptors (Lipinski definition) is 4. The van der Waals surface area contributed by atoms with Crippen LogP contribution in [0.3, 0.4) is 0 Å². The van der Waals surface area contributed by atoms with Crippen LogP contribution in [0.4, 0.5) is 5.69 Å². The number of aromatic nitrogens is 2. The Hall–Kier alpha value is -2.59. The normalized spacial score (nSPS) is 10.3. The fourth-order valence-electron chi connectivity index (χ4n) is 2.09. The summed E-state index contributed by atoms with van der Waals surface area (Å²) in [6.07, 6.45) is 3.42. The first kappa shape index (κ1) is 15.3. The van der Waals surface area contributed by atoms with Crippen LogP contribution < -0.4 is 10.1 Å². The summed E-state index contributed by atoms with van der Waals surface area (Å²) >= 11 is 5.87. The fraction of sp³-hybridized carbons (Fsp3) is 0.111. The Bertz CT molecular complexity index is 765. The van der Waals surface area contributed by atoms with Gasteiger partial charge in [0.1, 0.15) is 11.8 Å². The van der Waals surface area contributed by atoms with Crippen molar-refractivity contribution in [2.24, 2.45) is 0 Å². The molecule has 4 nitrogen and oxygen atoms in total. The van der Waals surface area contributed by atoms with E-state index in [1.165, 1.54) is 0 Å². The predicted octanol–water partition coefficient (Wildman–Crippen LogP) is 4.32. The van der Waals surface area contributed by atoms with Gasteiger partial charge in [-0.15, -0.1) is 0 Å². The monoisotopic (exact) mass is 325 g/mol. The van der Waals surface area contributed by atoms with Crippen molar-refractivity contribution in [1.29, 1.82) is 0 Å². The molecule has 2 aromatic heterocycles. The number of anilines is 1. The van der Waals surface area contributed by atoms with Gasteiger partial charge in [0.2, 0.25) is 5.88 Å². The quantitative estimate of drug-likeness (QED) is 0.686. The lowest BCUT2D eigenvalue weighted by molar-refractivity contribution is 0.293. The zero-order valence-corrected chi connectivity index (χ0v) is 13.2. The molecule has 5 heteroatoms. The maximum atomic E-state index is 5.87. The molecule has 23 heavy (non-hydrogen) atoms. The van der Waals surface area contributed by atoms with Crippen molar-refractivity contribution in [2.45, 2.75) is 13.2 Å². The number of rotatable bonds is 6. The minimum absolute atomic E-state index is 0.469. The third-order valence-corrected chi connectivity index (χ3v) is 3.46. The Kier molecular flexibility index (Phi) is 5.06. The van der Waals surface area contributed by atoms with Crippen molar-refractivity contribution in [3.8, 4) is 5.88 Å². The van der Waals surface area contributed by atoms with Crippen LogP contribution >= 0.6 is 11.6 Å². The van der Waals surface area contributed by atoms with Crippen molar-refractivity contribution >= 4 is 17.3 Å². The van der Waals surface area contributed by atoms with Gasteiger partial charge in [0, 0.05) is 30.7 Å². The highest BCUT2D eigenvalue weighted by molar-refractivity contribution is 6.29. The highest BCUT2D eigenvalue weighted by Gasteiger charge is 2.01. The highest BCUT2D eigenvalue weighted by Crippen LogP contribution is 2.15. The van der Waals surface area contributed by atoms with E-state index in [4.69, 9.17) is 16.3 Å². The Balaban J connectivity index is 1.59. The average Bonchev–Trinajstić information content (AvgIpc) is 2.60. The molecule has 0 saturated carbocycles. The molecule has 0 spiro atoms. The van der Waals surface area contributed by atoms with E-state index in [-0.39, 0.29) is 0 Å². The number of benzene rings is 1. The molecule has 1 N–H and O–H groups in total. The molecule has 0 aliphatic carbocycles. The number of nitrogens with one attached hydrogen (secondary N) is 1. The zero-order valence-electron chi connectivity index (χ0n) is 12.4. The van der Waals surface area contributed by atoms with Crippen molar-refractivity contribution in [3.05, 3.63) is 83.3 Å². The maximum Gasteiger partial charge on any atom is 0.213 e. The Morgan fingerprint density at radius 2 is 1.74 bits per heavy atom. The number of ether oxygens (including phenoxy) is 1. The van der Waals surface area contributed by atoms with Gasteiger partial charge in [0.05, 0.1) is 0 Å². The SMILES string of the molecule is Clc1cc(NCc2ccnc(OCc3ccccc3)c2)ccn1. The van der Waals surface area contributed by atoms with Crippen LogP contribution in [-0.4, -0.2) is 9.97 Å². The number of pyridine rings is 2. The molecule has 1 aromatic carbocycles. The molecule has 0 aliphatic rings. The van der Waals surface area contributed by atoms with E-state index in [0.29, 0.717) is 24.2 Å². The molecule has 0 radical (unpaired) electrons. The maximum absolute atomic E-state index is 5.87. The van der Waals surface area contributed by atoms with E-state index < -0.39 is 0 Å². The Labute approximate surface area is 140 Å². The molecule has 0 amide bonds. The molecule has 0 atom stereocenters. The summed E-state index contributed by atoms with van der Waals surface area (Å²) in [4.78, 5) is 8.20. The molecular formula is C18H16ClN3O. The van der Waals surface area contributed by atoms with Crippen LogP contribution in [0.25, 0.3) is 0 Å². The van der Waals surface area contributed by atoms with Crippen LogP contribution in [-0.2, 0) is 13.2 Å². The minimum Gasteiger partial charge on any atom is -0.473 e. The van der Waals surface area contributed by atoms with E-state index in [0.717, 1.165) is 16.8 Å². The van der Waals surface area contributed by atoms with E-state index in [2.05, 4.69) is 15.3 Å². The molecule has 0 aliphatic heterocycles. The molecular weight excluding hydrogens is 310 g/mol. The second-order valence-electron chi connectivity index (χ2n) is 5.00. The van der Waals surface area contributed by atoms with Crippen LogP contribution in [0.15, 0.2) is 67.0 Å². The van der Waals surface area contributed by atoms with Crippen LogP contribution in [0.5, 0.6) is 5.88 Å². The van der Waals surface area contributed by atoms with Gasteiger partial charge in [-0.25, -0.2) is 9.97 Å². The third-order valence-electron chi connectivity index (χ3n) is 3.25. The second-order valence-corrected chi connectivity index (χ2v) is 5.38. The zero-order chi connectivity index (χ0) is 15.9. The van der Waals surface area contributed by atoms with Gasteiger partial charge in [-0.1, -0.05) is 41.9 Å². The van der Waals surface area contributed by atoms with E-state index in [9.17, 15) is 0 Å². The number of hydrogen-bond donors (Lipinski definition) is 1. The van der Waals surface area contributed by atoms with Gasteiger partial charge < -0.3 is 10.1 Å². The fourth-order valence-corrected chi connectivity index (χ4v) is 2.26. The summed E-state index contributed by atoms with van der Waals surface area (Å²) in [5, 5.41) is 3.76. The largest absolute Gasteiger partial charge is 0.473 e. The number of halogens is 1. The first-order chi connectivity index (χ1) is 11.3. The van der Waals surface area contributed by atoms with E-state index in [1.807, 2.05) is 48.5 Å². The molecule has 2 heterocycles. The van der Waals surface area contributed by atoms with Gasteiger partial charge in [0.15, 0.2) is 0 Å². The van der Waals surface area contributed by atoms with Crippen molar-refractivity contribution in [1.82, 2.24) is 9.97 Å². The topological polar surface area (TPSA) is 47.0 Å². The average molecular weight is 326 g/mol. The van der Waals surface area contributed by atoms with Crippen molar-refractivity contribution < 1.29 is 4.74 Å². The van der Waals surface area contributed by atoms with E-state index >= 15 is 0 Å². The predicted molar refractivity (Wildman–Crippen MR) is 91.6 cm³/mol. The Morgan fingerprint density at radius 1 is 0.913 bits per heavy atom. The van der Waals surface area contributed by atoms with Gasteiger partial charge in [-0.2, -0.15) is 0 Å². The van der Waals surface area contributed by atoms with Gasteiger partial charge in [-0.05, 0) is 29.3 Å². The summed E-state index contributed by atoms with van der Waals surface area (Å²) in [6.45, 7) is 1.16. The summed E-state index contributed by atoms with van der Waals surface area (Å²) in [6, 6.07) is 17.6. The first-order valence-electron chi connectivity index (χ1n) is 7.27. The first-order valence-corrected chi connectivity index (χ1v) is 7.64. The molecule has 3 aromatic rings. The van der Waals surface area contributed by atoms with Crippen LogP contribution in [0.1, 0.15) is 11.1 Å². The lowest BCUT2D eigenvalue weighted by atomic mass is 10.2. The third kappa shape index (κ3) is 4.69. The highest BCUT2D eigenvalue weighted by atomic mass is 35.5. The molecule has 0 unspecified atom stereocenters. The molecule has 0 fully saturated rings. The van der Waals surface area contributed by atoms with Crippen molar-refractivity contribution in [2.75, 3.05) is 5.32 Å². The number of nitrogens with zero attached hydrogens (tertiary/aromatic N) is 2. The molecule has 0 bridgehead atoms. The van der Waals surface area contributed by atoms with Crippen LogP contribution in [0.2, 0.25) is 5.15 Å². The lowest BCUT2D eigenvalue weighted by Crippen LogP contribution is -2.02.